The highest BCUT2D eigenvalue weighted by Crippen LogP contribution is 2.38. The monoisotopic (exact) mass is 525 g/mol. The van der Waals surface area contributed by atoms with Gasteiger partial charge in [-0.2, -0.15) is 13.2 Å². The Bertz CT molecular complexity index is 1490. The van der Waals surface area contributed by atoms with E-state index >= 15 is 0 Å². The third-order valence-corrected chi connectivity index (χ3v) is 6.12. The SMILES string of the molecule is COc1cc2nccc(Oc3ccc(N4C(=O)N(c5cccc(C(F)(F)F)c5)CC4O)cc3)c2cc1OC. The number of methoxy groups -OCH3 is 2. The van der Waals surface area contributed by atoms with Gasteiger partial charge in [0, 0.05) is 29.0 Å². The first kappa shape index (κ1) is 25.2. The number of halogens is 3. The van der Waals surface area contributed by atoms with E-state index in [1.165, 1.54) is 26.4 Å². The van der Waals surface area contributed by atoms with E-state index in [9.17, 15) is 23.1 Å². The molecular formula is C27H22F3N3O5. The number of β-amino-alcohol motifs (C(OH)–C–C–N with tert-alkyl or cyclic N) is 1. The summed E-state index contributed by atoms with van der Waals surface area (Å²) in [5.41, 5.74) is 0.160. The van der Waals surface area contributed by atoms with E-state index in [1.807, 2.05) is 0 Å². The first-order chi connectivity index (χ1) is 18.2. The molecule has 3 aromatic carbocycles. The molecule has 4 aromatic rings. The molecule has 1 aliphatic rings. The van der Waals surface area contributed by atoms with Crippen molar-refractivity contribution in [2.24, 2.45) is 0 Å². The van der Waals surface area contributed by atoms with Gasteiger partial charge in [-0.1, -0.05) is 6.07 Å². The van der Waals surface area contributed by atoms with Gasteiger partial charge in [-0.25, -0.2) is 4.79 Å². The number of nitrogens with zero attached hydrogens (tertiary/aromatic N) is 3. The molecule has 0 radical (unpaired) electrons. The number of alkyl halides is 3. The first-order valence-corrected chi connectivity index (χ1v) is 11.4. The molecule has 1 aliphatic heterocycles. The number of anilines is 2. The third kappa shape index (κ3) is 4.63. The fourth-order valence-corrected chi connectivity index (χ4v) is 4.27. The maximum Gasteiger partial charge on any atom is 0.416 e. The van der Waals surface area contributed by atoms with Crippen LogP contribution in [0.15, 0.2) is 72.9 Å². The molecule has 1 aromatic heterocycles. The number of carbonyl (C=O) groups excluding carboxylic acids is 1. The van der Waals surface area contributed by atoms with Crippen molar-refractivity contribution in [3.8, 4) is 23.0 Å². The molecule has 1 atom stereocenters. The van der Waals surface area contributed by atoms with Crippen LogP contribution in [0.5, 0.6) is 23.0 Å². The Kier molecular flexibility index (Phi) is 6.45. The number of amides is 2. The Balaban J connectivity index is 1.38. The van der Waals surface area contributed by atoms with Crippen LogP contribution in [-0.2, 0) is 6.18 Å². The first-order valence-electron chi connectivity index (χ1n) is 11.4. The summed E-state index contributed by atoms with van der Waals surface area (Å²) >= 11 is 0. The molecule has 0 aliphatic carbocycles. The number of aromatic nitrogens is 1. The number of hydrogen-bond donors (Lipinski definition) is 1. The van der Waals surface area contributed by atoms with Crippen LogP contribution >= 0.6 is 0 Å². The van der Waals surface area contributed by atoms with E-state index in [0.717, 1.165) is 21.9 Å². The van der Waals surface area contributed by atoms with Gasteiger partial charge in [0.15, 0.2) is 17.7 Å². The molecule has 5 rings (SSSR count). The van der Waals surface area contributed by atoms with Crippen molar-refractivity contribution in [1.29, 1.82) is 0 Å². The molecule has 1 N–H and O–H groups in total. The zero-order valence-electron chi connectivity index (χ0n) is 20.3. The molecule has 2 amide bonds. The van der Waals surface area contributed by atoms with Crippen molar-refractivity contribution in [1.82, 2.24) is 4.98 Å². The molecule has 196 valence electrons. The molecule has 2 heterocycles. The molecule has 1 saturated heterocycles. The minimum absolute atomic E-state index is 0.0444. The van der Waals surface area contributed by atoms with Crippen LogP contribution in [0.4, 0.5) is 29.3 Å². The number of aliphatic hydroxyl groups excluding tert-OH is 1. The Hall–Kier alpha value is -4.51. The predicted octanol–water partition coefficient (Wildman–Crippen LogP) is 5.83. The Morgan fingerprint density at radius 1 is 0.921 bits per heavy atom. The zero-order chi connectivity index (χ0) is 27.0. The summed E-state index contributed by atoms with van der Waals surface area (Å²) in [6, 6.07) is 15.4. The minimum Gasteiger partial charge on any atom is -0.493 e. The number of urea groups is 1. The molecule has 1 fully saturated rings. The van der Waals surface area contributed by atoms with Crippen molar-refractivity contribution in [2.45, 2.75) is 12.4 Å². The summed E-state index contributed by atoms with van der Waals surface area (Å²) in [4.78, 5) is 19.6. The topological polar surface area (TPSA) is 84.4 Å². The zero-order valence-corrected chi connectivity index (χ0v) is 20.3. The summed E-state index contributed by atoms with van der Waals surface area (Å²) in [6.45, 7) is -0.188. The Morgan fingerprint density at radius 2 is 1.63 bits per heavy atom. The van der Waals surface area contributed by atoms with Gasteiger partial charge in [0.05, 0.1) is 31.8 Å². The molecule has 1 unspecified atom stereocenters. The van der Waals surface area contributed by atoms with Crippen LogP contribution in [0, 0.1) is 0 Å². The highest BCUT2D eigenvalue weighted by molar-refractivity contribution is 6.06. The van der Waals surface area contributed by atoms with E-state index < -0.39 is 24.0 Å². The number of ether oxygens (including phenoxy) is 3. The van der Waals surface area contributed by atoms with E-state index in [-0.39, 0.29) is 12.2 Å². The van der Waals surface area contributed by atoms with E-state index in [4.69, 9.17) is 14.2 Å². The van der Waals surface area contributed by atoms with Crippen molar-refractivity contribution >= 4 is 28.3 Å². The van der Waals surface area contributed by atoms with Gasteiger partial charge in [-0.05, 0) is 54.6 Å². The normalized spacial score (nSPS) is 15.7. The van der Waals surface area contributed by atoms with Crippen molar-refractivity contribution in [3.63, 3.8) is 0 Å². The second-order valence-corrected chi connectivity index (χ2v) is 8.42. The maximum absolute atomic E-state index is 13.1. The van der Waals surface area contributed by atoms with Gasteiger partial charge in [-0.15, -0.1) is 0 Å². The highest BCUT2D eigenvalue weighted by atomic mass is 19.4. The highest BCUT2D eigenvalue weighted by Gasteiger charge is 2.39. The van der Waals surface area contributed by atoms with Crippen LogP contribution in [0.2, 0.25) is 0 Å². The van der Waals surface area contributed by atoms with Gasteiger partial charge in [0.2, 0.25) is 0 Å². The summed E-state index contributed by atoms with van der Waals surface area (Å²) in [7, 11) is 3.06. The molecule has 38 heavy (non-hydrogen) atoms. The van der Waals surface area contributed by atoms with Gasteiger partial charge < -0.3 is 19.3 Å². The van der Waals surface area contributed by atoms with E-state index in [2.05, 4.69) is 4.98 Å². The minimum atomic E-state index is -4.55. The summed E-state index contributed by atoms with van der Waals surface area (Å²) in [5, 5.41) is 11.3. The lowest BCUT2D eigenvalue weighted by molar-refractivity contribution is -0.137. The standard InChI is InChI=1S/C27H22F3N3O5/c1-36-23-13-20-21(14-24(23)37-2)31-11-10-22(20)38-19-8-6-17(7-9-19)33-25(34)15-32(26(33)35)18-5-3-4-16(12-18)27(28,29)30/h3-14,25,34H,15H2,1-2H3. The van der Waals surface area contributed by atoms with Crippen LogP contribution < -0.4 is 24.0 Å². The number of carbonyl (C=O) groups is 1. The van der Waals surface area contributed by atoms with E-state index in [0.29, 0.717) is 39.6 Å². The van der Waals surface area contributed by atoms with Crippen LogP contribution in [0.1, 0.15) is 5.56 Å². The van der Waals surface area contributed by atoms with E-state index in [1.54, 1.807) is 48.7 Å². The molecule has 0 bridgehead atoms. The third-order valence-electron chi connectivity index (χ3n) is 6.12. The lowest BCUT2D eigenvalue weighted by atomic mass is 10.2. The molecule has 0 saturated carbocycles. The number of benzene rings is 3. The average Bonchev–Trinajstić information content (AvgIpc) is 3.21. The van der Waals surface area contributed by atoms with Gasteiger partial charge >= 0.3 is 12.2 Å². The maximum atomic E-state index is 13.1. The fraction of sp³-hybridized carbons (Fsp3) is 0.185. The largest absolute Gasteiger partial charge is 0.493 e. The lowest BCUT2D eigenvalue weighted by Gasteiger charge is -2.21. The lowest BCUT2D eigenvalue weighted by Crippen LogP contribution is -2.34. The molecule has 8 nitrogen and oxygen atoms in total. The number of hydrogen-bond acceptors (Lipinski definition) is 6. The summed E-state index contributed by atoms with van der Waals surface area (Å²) < 4.78 is 56.2. The van der Waals surface area contributed by atoms with Crippen LogP contribution in [-0.4, -0.2) is 43.1 Å². The Morgan fingerprint density at radius 3 is 2.32 bits per heavy atom. The summed E-state index contributed by atoms with van der Waals surface area (Å²) in [5.74, 6) is 2.01. The molecular weight excluding hydrogens is 503 g/mol. The fourth-order valence-electron chi connectivity index (χ4n) is 4.27. The molecule has 11 heteroatoms. The average molecular weight is 525 g/mol. The van der Waals surface area contributed by atoms with Gasteiger partial charge in [0.25, 0.3) is 0 Å². The van der Waals surface area contributed by atoms with Crippen molar-refractivity contribution < 1.29 is 37.3 Å². The van der Waals surface area contributed by atoms with Gasteiger partial charge in [-0.3, -0.25) is 14.8 Å². The van der Waals surface area contributed by atoms with Crippen molar-refractivity contribution in [3.05, 3.63) is 78.5 Å². The molecule has 0 spiro atoms. The van der Waals surface area contributed by atoms with Crippen LogP contribution in [0.25, 0.3) is 10.9 Å². The number of rotatable bonds is 6. The quantitative estimate of drug-likeness (QED) is 0.341. The number of pyridine rings is 1. The second-order valence-electron chi connectivity index (χ2n) is 8.42. The number of fused-ring (bicyclic) bond motifs is 1. The van der Waals surface area contributed by atoms with Crippen LogP contribution in [0.3, 0.4) is 0 Å². The second kappa shape index (κ2) is 9.75. The smallest absolute Gasteiger partial charge is 0.416 e. The Labute approximate surface area is 215 Å². The predicted molar refractivity (Wildman–Crippen MR) is 134 cm³/mol. The summed E-state index contributed by atoms with van der Waals surface area (Å²) in [6.07, 6.45) is -4.21. The number of aliphatic hydroxyl groups is 1. The van der Waals surface area contributed by atoms with Crippen molar-refractivity contribution in [2.75, 3.05) is 30.6 Å². The van der Waals surface area contributed by atoms with Gasteiger partial charge in [0.1, 0.15) is 11.5 Å².